The monoisotopic (exact) mass is 207 g/mol. The van der Waals surface area contributed by atoms with Gasteiger partial charge in [0.25, 0.3) is 5.91 Å². The molecule has 0 saturated heterocycles. The number of aromatic nitrogens is 1. The second kappa shape index (κ2) is 5.46. The number of nitrogens with two attached hydrogens (primary N) is 1. The predicted octanol–water partition coefficient (Wildman–Crippen LogP) is 0.795. The zero-order valence-electron chi connectivity index (χ0n) is 9.10. The van der Waals surface area contributed by atoms with Gasteiger partial charge in [-0.15, -0.1) is 0 Å². The van der Waals surface area contributed by atoms with Crippen LogP contribution in [0.25, 0.3) is 0 Å². The number of carbonyl (C=O) groups excluding carboxylic acids is 1. The van der Waals surface area contributed by atoms with Crippen LogP contribution in [-0.4, -0.2) is 23.5 Å². The van der Waals surface area contributed by atoms with Gasteiger partial charge in [0.2, 0.25) is 0 Å². The summed E-state index contributed by atoms with van der Waals surface area (Å²) in [7, 11) is 0. The van der Waals surface area contributed by atoms with Gasteiger partial charge in [0, 0.05) is 30.5 Å². The molecular weight excluding hydrogens is 190 g/mol. The van der Waals surface area contributed by atoms with Gasteiger partial charge in [-0.1, -0.05) is 13.8 Å². The Hall–Kier alpha value is -1.42. The second-order valence-corrected chi connectivity index (χ2v) is 3.80. The topological polar surface area (TPSA) is 68.0 Å². The number of carbonyl (C=O) groups is 1. The van der Waals surface area contributed by atoms with Crippen molar-refractivity contribution in [3.8, 4) is 0 Å². The summed E-state index contributed by atoms with van der Waals surface area (Å²) in [5.41, 5.74) is 6.19. The van der Waals surface area contributed by atoms with E-state index in [0.717, 1.165) is 0 Å². The molecule has 0 aromatic carbocycles. The Morgan fingerprint density at radius 3 is 2.53 bits per heavy atom. The zero-order chi connectivity index (χ0) is 11.3. The zero-order valence-corrected chi connectivity index (χ0v) is 9.10. The number of hydrogen-bond acceptors (Lipinski definition) is 3. The van der Waals surface area contributed by atoms with Crippen LogP contribution in [0.4, 0.5) is 0 Å². The van der Waals surface area contributed by atoms with Crippen LogP contribution in [0.1, 0.15) is 24.2 Å². The Morgan fingerprint density at radius 2 is 2.07 bits per heavy atom. The van der Waals surface area contributed by atoms with Crippen molar-refractivity contribution in [2.75, 3.05) is 6.54 Å². The van der Waals surface area contributed by atoms with E-state index in [1.807, 2.05) is 13.8 Å². The van der Waals surface area contributed by atoms with Crippen LogP contribution in [0, 0.1) is 5.92 Å². The molecule has 4 heteroatoms. The molecule has 1 unspecified atom stereocenters. The van der Waals surface area contributed by atoms with E-state index in [1.54, 1.807) is 24.5 Å². The fourth-order valence-electron chi connectivity index (χ4n) is 1.25. The van der Waals surface area contributed by atoms with E-state index in [2.05, 4.69) is 10.3 Å². The molecule has 0 aliphatic rings. The maximum Gasteiger partial charge on any atom is 0.251 e. The molecule has 1 aromatic rings. The first kappa shape index (κ1) is 11.7. The smallest absolute Gasteiger partial charge is 0.251 e. The van der Waals surface area contributed by atoms with Crippen LogP contribution < -0.4 is 11.1 Å². The third-order valence-electron chi connectivity index (χ3n) is 2.32. The van der Waals surface area contributed by atoms with Crippen LogP contribution >= 0.6 is 0 Å². The SMILES string of the molecule is CC(C)C(CN)NC(=O)c1ccncc1. The molecule has 0 aliphatic carbocycles. The van der Waals surface area contributed by atoms with E-state index < -0.39 is 0 Å². The van der Waals surface area contributed by atoms with Crippen LogP contribution in [-0.2, 0) is 0 Å². The summed E-state index contributed by atoms with van der Waals surface area (Å²) in [5.74, 6) is 0.238. The van der Waals surface area contributed by atoms with Gasteiger partial charge in [-0.2, -0.15) is 0 Å². The molecule has 1 atom stereocenters. The molecule has 0 spiro atoms. The van der Waals surface area contributed by atoms with Gasteiger partial charge in [-0.05, 0) is 18.1 Å². The maximum atomic E-state index is 11.7. The average molecular weight is 207 g/mol. The first-order valence-corrected chi connectivity index (χ1v) is 5.06. The molecule has 1 aromatic heterocycles. The number of nitrogens with zero attached hydrogens (tertiary/aromatic N) is 1. The molecular formula is C11H17N3O. The highest BCUT2D eigenvalue weighted by atomic mass is 16.1. The highest BCUT2D eigenvalue weighted by Crippen LogP contribution is 2.02. The van der Waals surface area contributed by atoms with Crippen molar-refractivity contribution in [1.29, 1.82) is 0 Å². The van der Waals surface area contributed by atoms with Crippen molar-refractivity contribution in [3.63, 3.8) is 0 Å². The summed E-state index contributed by atoms with van der Waals surface area (Å²) >= 11 is 0. The van der Waals surface area contributed by atoms with Gasteiger partial charge in [-0.3, -0.25) is 9.78 Å². The minimum Gasteiger partial charge on any atom is -0.348 e. The molecule has 0 bridgehead atoms. The second-order valence-electron chi connectivity index (χ2n) is 3.80. The van der Waals surface area contributed by atoms with Gasteiger partial charge in [0.05, 0.1) is 0 Å². The van der Waals surface area contributed by atoms with E-state index in [0.29, 0.717) is 18.0 Å². The first-order chi connectivity index (χ1) is 7.15. The molecule has 1 heterocycles. The highest BCUT2D eigenvalue weighted by Gasteiger charge is 2.14. The standard InChI is InChI=1S/C11H17N3O/c1-8(2)10(7-12)14-11(15)9-3-5-13-6-4-9/h3-6,8,10H,7,12H2,1-2H3,(H,14,15). The molecule has 15 heavy (non-hydrogen) atoms. The largest absolute Gasteiger partial charge is 0.348 e. The Morgan fingerprint density at radius 1 is 1.47 bits per heavy atom. The van der Waals surface area contributed by atoms with Crippen molar-refractivity contribution < 1.29 is 4.79 Å². The molecule has 0 fully saturated rings. The fraction of sp³-hybridized carbons (Fsp3) is 0.455. The average Bonchev–Trinajstić information content (AvgIpc) is 2.26. The van der Waals surface area contributed by atoms with Crippen molar-refractivity contribution >= 4 is 5.91 Å². The van der Waals surface area contributed by atoms with Gasteiger partial charge >= 0.3 is 0 Å². The normalized spacial score (nSPS) is 12.5. The van der Waals surface area contributed by atoms with Crippen molar-refractivity contribution in [1.82, 2.24) is 10.3 Å². The van der Waals surface area contributed by atoms with E-state index >= 15 is 0 Å². The molecule has 3 N–H and O–H groups in total. The molecule has 0 saturated carbocycles. The lowest BCUT2D eigenvalue weighted by molar-refractivity contribution is 0.0927. The van der Waals surface area contributed by atoms with Gasteiger partial charge in [-0.25, -0.2) is 0 Å². The molecule has 1 rings (SSSR count). The fourth-order valence-corrected chi connectivity index (χ4v) is 1.25. The molecule has 1 amide bonds. The summed E-state index contributed by atoms with van der Waals surface area (Å²) in [5, 5.41) is 2.89. The van der Waals surface area contributed by atoms with Gasteiger partial charge in [0.1, 0.15) is 0 Å². The Labute approximate surface area is 89.9 Å². The number of pyridine rings is 1. The number of rotatable bonds is 4. The molecule has 82 valence electrons. The summed E-state index contributed by atoms with van der Waals surface area (Å²) in [4.78, 5) is 15.6. The summed E-state index contributed by atoms with van der Waals surface area (Å²) in [6.45, 7) is 4.52. The van der Waals surface area contributed by atoms with E-state index in [-0.39, 0.29) is 11.9 Å². The van der Waals surface area contributed by atoms with E-state index in [9.17, 15) is 4.79 Å². The van der Waals surface area contributed by atoms with Crippen molar-refractivity contribution in [2.24, 2.45) is 11.7 Å². The first-order valence-electron chi connectivity index (χ1n) is 5.06. The highest BCUT2D eigenvalue weighted by molar-refractivity contribution is 5.94. The third-order valence-corrected chi connectivity index (χ3v) is 2.32. The minimum absolute atomic E-state index is 0.0191. The molecule has 0 aliphatic heterocycles. The predicted molar refractivity (Wildman–Crippen MR) is 59.4 cm³/mol. The maximum absolute atomic E-state index is 11.7. The molecule has 0 radical (unpaired) electrons. The third kappa shape index (κ3) is 3.32. The number of amides is 1. The van der Waals surface area contributed by atoms with Crippen molar-refractivity contribution in [2.45, 2.75) is 19.9 Å². The van der Waals surface area contributed by atoms with Gasteiger partial charge < -0.3 is 11.1 Å². The Kier molecular flexibility index (Phi) is 4.24. The van der Waals surface area contributed by atoms with Gasteiger partial charge in [0.15, 0.2) is 0 Å². The minimum atomic E-state index is -0.0958. The Bertz CT molecular complexity index is 311. The van der Waals surface area contributed by atoms with E-state index in [1.165, 1.54) is 0 Å². The lowest BCUT2D eigenvalue weighted by atomic mass is 10.0. The lowest BCUT2D eigenvalue weighted by Gasteiger charge is -2.20. The van der Waals surface area contributed by atoms with Crippen LogP contribution in [0.2, 0.25) is 0 Å². The number of hydrogen-bond donors (Lipinski definition) is 2. The molecule has 4 nitrogen and oxygen atoms in total. The lowest BCUT2D eigenvalue weighted by Crippen LogP contribution is -2.43. The van der Waals surface area contributed by atoms with Crippen molar-refractivity contribution in [3.05, 3.63) is 30.1 Å². The summed E-state index contributed by atoms with van der Waals surface area (Å²) in [6, 6.07) is 3.39. The summed E-state index contributed by atoms with van der Waals surface area (Å²) in [6.07, 6.45) is 3.20. The summed E-state index contributed by atoms with van der Waals surface area (Å²) < 4.78 is 0. The van der Waals surface area contributed by atoms with E-state index in [4.69, 9.17) is 5.73 Å². The van der Waals surface area contributed by atoms with Crippen LogP contribution in [0.15, 0.2) is 24.5 Å². The quantitative estimate of drug-likeness (QED) is 0.767. The van der Waals surface area contributed by atoms with Crippen LogP contribution in [0.3, 0.4) is 0 Å². The Balaban J connectivity index is 2.63. The van der Waals surface area contributed by atoms with Crippen LogP contribution in [0.5, 0.6) is 0 Å². The number of nitrogens with one attached hydrogen (secondary N) is 1.